The molecule has 0 atom stereocenters. The highest BCUT2D eigenvalue weighted by Crippen LogP contribution is 2.26. The van der Waals surface area contributed by atoms with Crippen LogP contribution in [0.4, 0.5) is 5.69 Å². The number of sulfonamides is 1. The van der Waals surface area contributed by atoms with Gasteiger partial charge >= 0.3 is 0 Å². The number of nitrogens with zero attached hydrogens (tertiary/aromatic N) is 1. The Hall–Kier alpha value is -1.45. The van der Waals surface area contributed by atoms with Gasteiger partial charge in [0.2, 0.25) is 10.0 Å². The molecule has 0 spiro atoms. The van der Waals surface area contributed by atoms with Gasteiger partial charge in [-0.15, -0.1) is 11.6 Å². The van der Waals surface area contributed by atoms with Crippen LogP contribution in [0.15, 0.2) is 18.2 Å². The van der Waals surface area contributed by atoms with Crippen LogP contribution in [0, 0.1) is 11.3 Å². The molecule has 7 heteroatoms. The second kappa shape index (κ2) is 5.05. The number of alkyl halides is 1. The van der Waals surface area contributed by atoms with Crippen LogP contribution in [0.25, 0.3) is 0 Å². The molecule has 1 N–H and O–H groups in total. The van der Waals surface area contributed by atoms with Gasteiger partial charge in [0.15, 0.2) is 0 Å². The van der Waals surface area contributed by atoms with E-state index in [2.05, 4.69) is 4.72 Å². The lowest BCUT2D eigenvalue weighted by atomic mass is 10.2. The molecule has 86 valence electrons. The van der Waals surface area contributed by atoms with Gasteiger partial charge in [0, 0.05) is 6.07 Å². The quantitative estimate of drug-likeness (QED) is 0.832. The van der Waals surface area contributed by atoms with Crippen LogP contribution in [0.3, 0.4) is 0 Å². The number of ether oxygens (including phenoxy) is 1. The molecule has 1 aromatic carbocycles. The molecule has 0 fully saturated rings. The smallest absolute Gasteiger partial charge is 0.246 e. The van der Waals surface area contributed by atoms with Crippen molar-refractivity contribution in [2.45, 2.75) is 0 Å². The third-order valence-corrected chi connectivity index (χ3v) is 3.42. The molecule has 0 aliphatic heterocycles. The zero-order chi connectivity index (χ0) is 12.2. The average molecular weight is 261 g/mol. The number of halogens is 1. The predicted molar refractivity (Wildman–Crippen MR) is 61.0 cm³/mol. The van der Waals surface area contributed by atoms with E-state index in [-0.39, 0.29) is 11.4 Å². The van der Waals surface area contributed by atoms with E-state index in [1.807, 2.05) is 6.07 Å². The van der Waals surface area contributed by atoms with Crippen molar-refractivity contribution in [2.24, 2.45) is 0 Å². The minimum atomic E-state index is -3.57. The molecule has 0 heterocycles. The summed E-state index contributed by atoms with van der Waals surface area (Å²) in [5.41, 5.74) is 0.632. The fourth-order valence-electron chi connectivity index (χ4n) is 1.04. The number of rotatable bonds is 4. The van der Waals surface area contributed by atoms with Crippen LogP contribution < -0.4 is 9.46 Å². The Bertz CT molecular complexity index is 522. The number of methoxy groups -OCH3 is 1. The summed E-state index contributed by atoms with van der Waals surface area (Å²) in [6.07, 6.45) is 0. The highest BCUT2D eigenvalue weighted by molar-refractivity contribution is 7.93. The molecule has 0 unspecified atom stereocenters. The van der Waals surface area contributed by atoms with Crippen molar-refractivity contribution < 1.29 is 13.2 Å². The summed E-state index contributed by atoms with van der Waals surface area (Å²) in [7, 11) is -2.19. The number of anilines is 1. The zero-order valence-electron chi connectivity index (χ0n) is 8.40. The third kappa shape index (κ3) is 3.02. The van der Waals surface area contributed by atoms with E-state index in [0.29, 0.717) is 5.56 Å². The Kier molecular flexibility index (Phi) is 3.99. The first-order valence-corrected chi connectivity index (χ1v) is 6.35. The maximum Gasteiger partial charge on any atom is 0.246 e. The van der Waals surface area contributed by atoms with Crippen molar-refractivity contribution in [3.8, 4) is 11.8 Å². The van der Waals surface area contributed by atoms with Gasteiger partial charge in [-0.3, -0.25) is 4.72 Å². The lowest BCUT2D eigenvalue weighted by Crippen LogP contribution is -2.14. The maximum atomic E-state index is 11.2. The molecule has 0 saturated heterocycles. The van der Waals surface area contributed by atoms with Crippen LogP contribution in [0.5, 0.6) is 5.75 Å². The number of hydrogen-bond donors (Lipinski definition) is 1. The molecule has 5 nitrogen and oxygen atoms in total. The molecule has 0 aliphatic rings. The van der Waals surface area contributed by atoms with E-state index in [0.717, 1.165) is 0 Å². The number of hydrogen-bond acceptors (Lipinski definition) is 4. The summed E-state index contributed by atoms with van der Waals surface area (Å²) in [6.45, 7) is 0. The predicted octanol–water partition coefficient (Wildman–Crippen LogP) is 1.50. The van der Waals surface area contributed by atoms with Crippen molar-refractivity contribution in [3.05, 3.63) is 23.8 Å². The number of nitrogens with one attached hydrogen (secondary N) is 1. The second-order valence-electron chi connectivity index (χ2n) is 2.85. The van der Waals surface area contributed by atoms with Crippen LogP contribution in [0.2, 0.25) is 0 Å². The Morgan fingerprint density at radius 2 is 2.25 bits per heavy atom. The van der Waals surface area contributed by atoms with Crippen LogP contribution in [0.1, 0.15) is 5.56 Å². The SMILES string of the molecule is COc1cc(C#N)ccc1NS(=O)(=O)CCl. The third-order valence-electron chi connectivity index (χ3n) is 1.74. The van der Waals surface area contributed by atoms with Gasteiger partial charge in [-0.25, -0.2) is 8.42 Å². The zero-order valence-corrected chi connectivity index (χ0v) is 9.97. The van der Waals surface area contributed by atoms with Gasteiger partial charge in [0.05, 0.1) is 24.4 Å². The molecule has 0 bridgehead atoms. The first kappa shape index (κ1) is 12.6. The van der Waals surface area contributed by atoms with Crippen molar-refractivity contribution in [1.29, 1.82) is 5.26 Å². The van der Waals surface area contributed by atoms with Crippen molar-refractivity contribution in [1.82, 2.24) is 0 Å². The molecule has 0 radical (unpaired) electrons. The summed E-state index contributed by atoms with van der Waals surface area (Å²) in [5, 5.41) is 8.12. The van der Waals surface area contributed by atoms with Gasteiger partial charge < -0.3 is 4.74 Å². The topological polar surface area (TPSA) is 79.2 Å². The molecular weight excluding hydrogens is 252 g/mol. The summed E-state index contributed by atoms with van der Waals surface area (Å²) in [5.74, 6) is 0.271. The van der Waals surface area contributed by atoms with E-state index in [4.69, 9.17) is 21.6 Å². The van der Waals surface area contributed by atoms with Gasteiger partial charge in [0.25, 0.3) is 0 Å². The van der Waals surface area contributed by atoms with Crippen molar-refractivity contribution in [2.75, 3.05) is 17.0 Å². The lowest BCUT2D eigenvalue weighted by molar-refractivity contribution is 0.416. The Balaban J connectivity index is 3.11. The van der Waals surface area contributed by atoms with E-state index >= 15 is 0 Å². The summed E-state index contributed by atoms with van der Waals surface area (Å²) in [6, 6.07) is 6.29. The molecule has 1 aromatic rings. The summed E-state index contributed by atoms with van der Waals surface area (Å²) < 4.78 is 29.7. The second-order valence-corrected chi connectivity index (χ2v) is 5.16. The average Bonchev–Trinajstić information content (AvgIpc) is 2.29. The number of nitriles is 1. The van der Waals surface area contributed by atoms with Gasteiger partial charge in [-0.2, -0.15) is 5.26 Å². The molecule has 0 aromatic heterocycles. The van der Waals surface area contributed by atoms with Gasteiger partial charge in [-0.1, -0.05) is 0 Å². The lowest BCUT2D eigenvalue weighted by Gasteiger charge is -2.10. The van der Waals surface area contributed by atoms with Crippen molar-refractivity contribution in [3.63, 3.8) is 0 Å². The van der Waals surface area contributed by atoms with Crippen LogP contribution in [-0.4, -0.2) is 20.7 Å². The fourth-order valence-corrected chi connectivity index (χ4v) is 1.76. The molecule has 0 aliphatic carbocycles. The van der Waals surface area contributed by atoms with Gasteiger partial charge in [-0.05, 0) is 12.1 Å². The Morgan fingerprint density at radius 3 is 2.75 bits per heavy atom. The van der Waals surface area contributed by atoms with E-state index < -0.39 is 15.2 Å². The normalized spacial score (nSPS) is 10.6. The molecule has 0 saturated carbocycles. The van der Waals surface area contributed by atoms with Crippen LogP contribution in [-0.2, 0) is 10.0 Å². The Labute approximate surface area is 98.6 Å². The minimum absolute atomic E-state index is 0.252. The van der Waals surface area contributed by atoms with Crippen LogP contribution >= 0.6 is 11.6 Å². The number of benzene rings is 1. The molecular formula is C9H9ClN2O3S. The molecule has 0 amide bonds. The minimum Gasteiger partial charge on any atom is -0.495 e. The largest absolute Gasteiger partial charge is 0.495 e. The summed E-state index contributed by atoms with van der Waals surface area (Å²) >= 11 is 5.25. The van der Waals surface area contributed by atoms with Gasteiger partial charge in [0.1, 0.15) is 11.0 Å². The first-order valence-electron chi connectivity index (χ1n) is 4.17. The van der Waals surface area contributed by atoms with E-state index in [9.17, 15) is 8.42 Å². The summed E-state index contributed by atoms with van der Waals surface area (Å²) in [4.78, 5) is 0. The molecule has 1 rings (SSSR count). The highest BCUT2D eigenvalue weighted by atomic mass is 35.5. The monoisotopic (exact) mass is 260 g/mol. The first-order chi connectivity index (χ1) is 7.52. The van der Waals surface area contributed by atoms with E-state index in [1.165, 1.54) is 25.3 Å². The van der Waals surface area contributed by atoms with Crippen molar-refractivity contribution >= 4 is 27.3 Å². The standard InChI is InChI=1S/C9H9ClN2O3S/c1-15-9-4-7(5-11)2-3-8(9)12-16(13,14)6-10/h2-4,12H,6H2,1H3. The Morgan fingerprint density at radius 1 is 1.56 bits per heavy atom. The fraction of sp³-hybridized carbons (Fsp3) is 0.222. The molecule has 16 heavy (non-hydrogen) atoms. The highest BCUT2D eigenvalue weighted by Gasteiger charge is 2.12. The van der Waals surface area contributed by atoms with E-state index in [1.54, 1.807) is 0 Å². The maximum absolute atomic E-state index is 11.2.